The minimum atomic E-state index is -2.35. The molecule has 0 aromatic heterocycles. The zero-order chi connectivity index (χ0) is 12.3. The van der Waals surface area contributed by atoms with Crippen molar-refractivity contribution < 1.29 is 9.09 Å². The van der Waals surface area contributed by atoms with E-state index < -0.39 is 7.37 Å². The van der Waals surface area contributed by atoms with Crippen molar-refractivity contribution in [3.8, 4) is 0 Å². The third kappa shape index (κ3) is 3.89. The lowest BCUT2D eigenvalue weighted by Gasteiger charge is -2.38. The van der Waals surface area contributed by atoms with Crippen LogP contribution in [0.3, 0.4) is 0 Å². The molecule has 1 aliphatic rings. The van der Waals surface area contributed by atoms with E-state index in [-0.39, 0.29) is 6.10 Å². The quantitative estimate of drug-likeness (QED) is 0.687. The van der Waals surface area contributed by atoms with Crippen LogP contribution >= 0.6 is 7.37 Å². The van der Waals surface area contributed by atoms with Crippen LogP contribution in [0.25, 0.3) is 0 Å². The van der Waals surface area contributed by atoms with E-state index in [1.54, 1.807) is 6.66 Å². The number of hydrogen-bond acceptors (Lipinski definition) is 2. The van der Waals surface area contributed by atoms with Crippen LogP contribution in [0.1, 0.15) is 47.0 Å². The van der Waals surface area contributed by atoms with E-state index in [2.05, 4.69) is 20.8 Å². The van der Waals surface area contributed by atoms with Crippen LogP contribution in [-0.2, 0) is 9.09 Å². The molecule has 2 nitrogen and oxygen atoms in total. The molecular formula is C13H27O2P. The first-order valence-electron chi connectivity index (χ1n) is 6.60. The summed E-state index contributed by atoms with van der Waals surface area (Å²) in [5.41, 5.74) is 0. The van der Waals surface area contributed by atoms with Gasteiger partial charge in [0.05, 0.1) is 6.10 Å². The first-order chi connectivity index (χ1) is 7.35. The zero-order valence-electron chi connectivity index (χ0n) is 11.4. The molecule has 1 aliphatic carbocycles. The first kappa shape index (κ1) is 14.3. The van der Waals surface area contributed by atoms with Gasteiger partial charge in [-0.25, -0.2) is 0 Å². The third-order valence-electron chi connectivity index (χ3n) is 3.89. The fourth-order valence-electron chi connectivity index (χ4n) is 2.60. The summed E-state index contributed by atoms with van der Waals surface area (Å²) >= 11 is 0. The van der Waals surface area contributed by atoms with E-state index >= 15 is 0 Å². The topological polar surface area (TPSA) is 26.3 Å². The normalized spacial score (nSPS) is 35.0. The van der Waals surface area contributed by atoms with Gasteiger partial charge in [-0.3, -0.25) is 4.57 Å². The lowest BCUT2D eigenvalue weighted by molar-refractivity contribution is 0.0491. The van der Waals surface area contributed by atoms with E-state index in [0.29, 0.717) is 18.0 Å². The molecule has 0 bridgehead atoms. The standard InChI is InChI=1S/C13H27O2P/c1-6-16(5,14)15-13-9-11(4)7-8-12(13)10(2)3/h10-13H,6-9H2,1-5H3/t11-,12+,13-,16-/m1/s1. The molecule has 0 unspecified atom stereocenters. The molecule has 16 heavy (non-hydrogen) atoms. The van der Waals surface area contributed by atoms with Crippen molar-refractivity contribution in [1.29, 1.82) is 0 Å². The summed E-state index contributed by atoms with van der Waals surface area (Å²) in [5.74, 6) is 1.95. The van der Waals surface area contributed by atoms with Gasteiger partial charge in [-0.2, -0.15) is 0 Å². The second-order valence-corrected chi connectivity index (χ2v) is 8.67. The second-order valence-electron chi connectivity index (χ2n) is 5.80. The maximum Gasteiger partial charge on any atom is 0.200 e. The molecule has 4 atom stereocenters. The summed E-state index contributed by atoms with van der Waals surface area (Å²) in [7, 11) is -2.35. The summed E-state index contributed by atoms with van der Waals surface area (Å²) in [5, 5.41) is 0. The van der Waals surface area contributed by atoms with Crippen LogP contribution in [0.2, 0.25) is 0 Å². The molecule has 0 spiro atoms. The maximum absolute atomic E-state index is 12.1. The fourth-order valence-corrected chi connectivity index (χ4v) is 3.56. The Morgan fingerprint density at radius 1 is 1.38 bits per heavy atom. The average Bonchev–Trinajstić information content (AvgIpc) is 2.16. The highest BCUT2D eigenvalue weighted by Crippen LogP contribution is 2.48. The Kier molecular flexibility index (Phi) is 5.07. The van der Waals surface area contributed by atoms with Crippen LogP contribution in [0.5, 0.6) is 0 Å². The highest BCUT2D eigenvalue weighted by molar-refractivity contribution is 7.58. The molecule has 0 aliphatic heterocycles. The summed E-state index contributed by atoms with van der Waals surface area (Å²) < 4.78 is 18.0. The molecule has 1 fully saturated rings. The zero-order valence-corrected chi connectivity index (χ0v) is 12.3. The van der Waals surface area contributed by atoms with Crippen molar-refractivity contribution in [3.05, 3.63) is 0 Å². The van der Waals surface area contributed by atoms with Gasteiger partial charge in [-0.05, 0) is 30.6 Å². The van der Waals surface area contributed by atoms with E-state index in [4.69, 9.17) is 4.52 Å². The van der Waals surface area contributed by atoms with Gasteiger partial charge in [0.1, 0.15) is 0 Å². The van der Waals surface area contributed by atoms with Crippen molar-refractivity contribution in [2.75, 3.05) is 12.8 Å². The van der Waals surface area contributed by atoms with Gasteiger partial charge < -0.3 is 4.52 Å². The predicted octanol–water partition coefficient (Wildman–Crippen LogP) is 4.39. The molecule has 0 heterocycles. The Balaban J connectivity index is 2.68. The van der Waals surface area contributed by atoms with Crippen LogP contribution in [0.4, 0.5) is 0 Å². The average molecular weight is 246 g/mol. The SMILES string of the molecule is CC[P@](C)(=O)O[C@@H]1C[C@H](C)CC[C@H]1C(C)C. The van der Waals surface area contributed by atoms with Crippen molar-refractivity contribution in [3.63, 3.8) is 0 Å². The van der Waals surface area contributed by atoms with Crippen molar-refractivity contribution in [2.24, 2.45) is 17.8 Å². The van der Waals surface area contributed by atoms with Gasteiger partial charge >= 0.3 is 0 Å². The van der Waals surface area contributed by atoms with Crippen molar-refractivity contribution in [2.45, 2.75) is 53.1 Å². The van der Waals surface area contributed by atoms with Crippen LogP contribution in [-0.4, -0.2) is 18.9 Å². The number of rotatable bonds is 4. The Bertz CT molecular complexity index is 263. The third-order valence-corrected chi connectivity index (χ3v) is 5.76. The molecule has 0 radical (unpaired) electrons. The molecule has 0 aromatic rings. The van der Waals surface area contributed by atoms with Gasteiger partial charge in [0, 0.05) is 12.8 Å². The van der Waals surface area contributed by atoms with E-state index in [1.165, 1.54) is 12.8 Å². The smallest absolute Gasteiger partial charge is 0.200 e. The van der Waals surface area contributed by atoms with Gasteiger partial charge in [-0.15, -0.1) is 0 Å². The van der Waals surface area contributed by atoms with E-state index in [1.807, 2.05) is 6.92 Å². The highest BCUT2D eigenvalue weighted by atomic mass is 31.2. The Morgan fingerprint density at radius 3 is 2.50 bits per heavy atom. The van der Waals surface area contributed by atoms with Crippen LogP contribution in [0.15, 0.2) is 0 Å². The lowest BCUT2D eigenvalue weighted by Crippen LogP contribution is -2.33. The van der Waals surface area contributed by atoms with Crippen molar-refractivity contribution in [1.82, 2.24) is 0 Å². The Hall–Kier alpha value is 0.190. The van der Waals surface area contributed by atoms with Crippen LogP contribution < -0.4 is 0 Å². The summed E-state index contributed by atoms with van der Waals surface area (Å²) in [6.07, 6.45) is 4.49. The molecule has 3 heteroatoms. The molecule has 96 valence electrons. The summed E-state index contributed by atoms with van der Waals surface area (Å²) in [4.78, 5) is 0. The lowest BCUT2D eigenvalue weighted by atomic mass is 9.75. The monoisotopic (exact) mass is 246 g/mol. The maximum atomic E-state index is 12.1. The minimum absolute atomic E-state index is 0.222. The highest BCUT2D eigenvalue weighted by Gasteiger charge is 2.34. The van der Waals surface area contributed by atoms with Gasteiger partial charge in [0.2, 0.25) is 0 Å². The van der Waals surface area contributed by atoms with E-state index in [0.717, 1.165) is 12.3 Å². The van der Waals surface area contributed by atoms with Gasteiger partial charge in [-0.1, -0.05) is 34.1 Å². The summed E-state index contributed by atoms with van der Waals surface area (Å²) in [6, 6.07) is 0. The molecular weight excluding hydrogens is 219 g/mol. The number of hydrogen-bond donors (Lipinski definition) is 0. The molecule has 0 aromatic carbocycles. The Labute approximate surface area is 101 Å². The fraction of sp³-hybridized carbons (Fsp3) is 1.00. The first-order valence-corrected chi connectivity index (χ1v) is 8.86. The second kappa shape index (κ2) is 5.69. The van der Waals surface area contributed by atoms with Crippen molar-refractivity contribution >= 4 is 7.37 Å². The minimum Gasteiger partial charge on any atom is -0.325 e. The van der Waals surface area contributed by atoms with E-state index in [9.17, 15) is 4.57 Å². The molecule has 1 rings (SSSR count). The largest absolute Gasteiger partial charge is 0.325 e. The molecule has 0 N–H and O–H groups in total. The Morgan fingerprint density at radius 2 is 2.00 bits per heavy atom. The molecule has 0 amide bonds. The molecule has 1 saturated carbocycles. The molecule has 0 saturated heterocycles. The predicted molar refractivity (Wildman–Crippen MR) is 70.3 cm³/mol. The van der Waals surface area contributed by atoms with Gasteiger partial charge in [0.25, 0.3) is 0 Å². The summed E-state index contributed by atoms with van der Waals surface area (Å²) in [6.45, 7) is 10.5. The van der Waals surface area contributed by atoms with Crippen LogP contribution in [0, 0.1) is 17.8 Å². The van der Waals surface area contributed by atoms with Gasteiger partial charge in [0.15, 0.2) is 7.37 Å².